The van der Waals surface area contributed by atoms with Gasteiger partial charge in [-0.05, 0) is 25.0 Å². The van der Waals surface area contributed by atoms with E-state index in [0.717, 1.165) is 11.1 Å². The largest absolute Gasteiger partial charge is 0.334 e. The molecule has 0 saturated heterocycles. The fourth-order valence-corrected chi connectivity index (χ4v) is 3.00. The normalized spacial score (nSPS) is 11.8. The third kappa shape index (κ3) is 3.69. The SMILES string of the molecule is CCn1cc(S(=O)(=O)NCc2ccc(CN)cc2)nc1C. The van der Waals surface area contributed by atoms with E-state index in [1.54, 1.807) is 17.7 Å². The molecule has 0 atom stereocenters. The van der Waals surface area contributed by atoms with Crippen molar-refractivity contribution >= 4 is 10.0 Å². The molecule has 3 N–H and O–H groups in total. The van der Waals surface area contributed by atoms with Crippen molar-refractivity contribution in [3.8, 4) is 0 Å². The minimum atomic E-state index is -3.59. The van der Waals surface area contributed by atoms with Crippen LogP contribution in [0.3, 0.4) is 0 Å². The van der Waals surface area contributed by atoms with Crippen LogP contribution in [0.4, 0.5) is 0 Å². The standard InChI is InChI=1S/C14H20N4O2S/c1-3-18-10-14(17-11(18)2)21(19,20)16-9-13-6-4-12(8-15)5-7-13/h4-7,10,16H,3,8-9,15H2,1-2H3. The molecule has 0 fully saturated rings. The minimum absolute atomic E-state index is 0.0560. The van der Waals surface area contributed by atoms with E-state index in [0.29, 0.717) is 18.9 Å². The van der Waals surface area contributed by atoms with Gasteiger partial charge in [-0.1, -0.05) is 24.3 Å². The Balaban J connectivity index is 2.09. The Labute approximate surface area is 125 Å². The highest BCUT2D eigenvalue weighted by Gasteiger charge is 2.18. The number of hydrogen-bond donors (Lipinski definition) is 2. The van der Waals surface area contributed by atoms with Crippen LogP contribution in [0.5, 0.6) is 0 Å². The molecule has 0 amide bonds. The summed E-state index contributed by atoms with van der Waals surface area (Å²) >= 11 is 0. The van der Waals surface area contributed by atoms with Gasteiger partial charge < -0.3 is 10.3 Å². The Hall–Kier alpha value is -1.70. The molecule has 0 saturated carbocycles. The van der Waals surface area contributed by atoms with Crippen LogP contribution in [0.2, 0.25) is 0 Å². The van der Waals surface area contributed by atoms with Crippen LogP contribution in [0.15, 0.2) is 35.5 Å². The lowest BCUT2D eigenvalue weighted by molar-refractivity contribution is 0.577. The van der Waals surface area contributed by atoms with Crippen LogP contribution >= 0.6 is 0 Å². The van der Waals surface area contributed by atoms with E-state index >= 15 is 0 Å². The second-order valence-corrected chi connectivity index (χ2v) is 6.47. The van der Waals surface area contributed by atoms with Gasteiger partial charge in [0.25, 0.3) is 10.0 Å². The topological polar surface area (TPSA) is 90.0 Å². The van der Waals surface area contributed by atoms with Crippen molar-refractivity contribution < 1.29 is 8.42 Å². The summed E-state index contributed by atoms with van der Waals surface area (Å²) in [5.41, 5.74) is 7.42. The van der Waals surface area contributed by atoms with Crippen LogP contribution in [-0.2, 0) is 29.7 Å². The minimum Gasteiger partial charge on any atom is -0.334 e. The van der Waals surface area contributed by atoms with Crippen molar-refractivity contribution in [1.82, 2.24) is 14.3 Å². The highest BCUT2D eigenvalue weighted by atomic mass is 32.2. The van der Waals surface area contributed by atoms with E-state index in [1.807, 2.05) is 31.2 Å². The number of nitrogens with two attached hydrogens (primary N) is 1. The van der Waals surface area contributed by atoms with E-state index in [1.165, 1.54) is 0 Å². The molecular weight excluding hydrogens is 288 g/mol. The summed E-state index contributed by atoms with van der Waals surface area (Å²) in [6, 6.07) is 7.50. The molecule has 0 aliphatic heterocycles. The van der Waals surface area contributed by atoms with Gasteiger partial charge in [0.05, 0.1) is 0 Å². The summed E-state index contributed by atoms with van der Waals surface area (Å²) in [5.74, 6) is 0.685. The predicted octanol–water partition coefficient (Wildman–Crippen LogP) is 1.15. The van der Waals surface area contributed by atoms with Crippen molar-refractivity contribution in [2.75, 3.05) is 0 Å². The second-order valence-electron chi connectivity index (χ2n) is 4.76. The third-order valence-electron chi connectivity index (χ3n) is 3.29. The molecular formula is C14H20N4O2S. The van der Waals surface area contributed by atoms with Crippen LogP contribution in [0.25, 0.3) is 0 Å². The number of sulfonamides is 1. The molecule has 1 heterocycles. The molecule has 2 aromatic rings. The van der Waals surface area contributed by atoms with E-state index < -0.39 is 10.0 Å². The second kappa shape index (κ2) is 6.38. The number of benzene rings is 1. The zero-order valence-electron chi connectivity index (χ0n) is 12.2. The maximum absolute atomic E-state index is 12.2. The molecule has 7 heteroatoms. The van der Waals surface area contributed by atoms with E-state index in [2.05, 4.69) is 9.71 Å². The average molecular weight is 308 g/mol. The van der Waals surface area contributed by atoms with Gasteiger partial charge in [0.1, 0.15) is 5.82 Å². The van der Waals surface area contributed by atoms with Gasteiger partial charge in [-0.25, -0.2) is 18.1 Å². The van der Waals surface area contributed by atoms with E-state index in [-0.39, 0.29) is 11.6 Å². The lowest BCUT2D eigenvalue weighted by Gasteiger charge is -2.05. The summed E-state index contributed by atoms with van der Waals surface area (Å²) < 4.78 is 28.8. The van der Waals surface area contributed by atoms with Crippen LogP contribution < -0.4 is 10.5 Å². The van der Waals surface area contributed by atoms with Gasteiger partial charge in [-0.2, -0.15) is 0 Å². The predicted molar refractivity (Wildman–Crippen MR) is 81.0 cm³/mol. The first-order valence-electron chi connectivity index (χ1n) is 6.77. The van der Waals surface area contributed by atoms with Gasteiger partial charge in [-0.3, -0.25) is 0 Å². The molecule has 1 aromatic carbocycles. The smallest absolute Gasteiger partial charge is 0.259 e. The third-order valence-corrected chi connectivity index (χ3v) is 4.57. The first-order chi connectivity index (χ1) is 9.96. The van der Waals surface area contributed by atoms with Gasteiger partial charge >= 0.3 is 0 Å². The molecule has 21 heavy (non-hydrogen) atoms. The van der Waals surface area contributed by atoms with Crippen LogP contribution in [0, 0.1) is 6.92 Å². The number of imidazole rings is 1. The maximum atomic E-state index is 12.2. The number of aromatic nitrogens is 2. The molecule has 0 spiro atoms. The van der Waals surface area contributed by atoms with E-state index in [4.69, 9.17) is 5.73 Å². The number of nitrogens with one attached hydrogen (secondary N) is 1. The van der Waals surface area contributed by atoms with Crippen molar-refractivity contribution in [2.45, 2.75) is 38.5 Å². The molecule has 2 rings (SSSR count). The van der Waals surface area contributed by atoms with Crippen molar-refractivity contribution in [1.29, 1.82) is 0 Å². The summed E-state index contributed by atoms with van der Waals surface area (Å²) in [6.07, 6.45) is 1.55. The summed E-state index contributed by atoms with van der Waals surface area (Å²) in [5, 5.41) is 0.0560. The van der Waals surface area contributed by atoms with Gasteiger partial charge in [0.15, 0.2) is 5.03 Å². The maximum Gasteiger partial charge on any atom is 0.259 e. The molecule has 0 aliphatic rings. The van der Waals surface area contributed by atoms with Crippen LogP contribution in [0.1, 0.15) is 23.9 Å². The van der Waals surface area contributed by atoms with Crippen LogP contribution in [-0.4, -0.2) is 18.0 Å². The first kappa shape index (κ1) is 15.7. The Morgan fingerprint density at radius 2 is 1.86 bits per heavy atom. The van der Waals surface area contributed by atoms with Gasteiger partial charge in [-0.15, -0.1) is 0 Å². The monoisotopic (exact) mass is 308 g/mol. The molecule has 0 bridgehead atoms. The Kier molecular flexibility index (Phi) is 4.76. The first-order valence-corrected chi connectivity index (χ1v) is 8.26. The summed E-state index contributed by atoms with van der Waals surface area (Å²) in [6.45, 7) is 5.12. The molecule has 6 nitrogen and oxygen atoms in total. The van der Waals surface area contributed by atoms with Crippen molar-refractivity contribution in [2.24, 2.45) is 5.73 Å². The number of nitrogens with zero attached hydrogens (tertiary/aromatic N) is 2. The molecule has 114 valence electrons. The Morgan fingerprint density at radius 1 is 1.24 bits per heavy atom. The zero-order valence-corrected chi connectivity index (χ0v) is 13.0. The van der Waals surface area contributed by atoms with E-state index in [9.17, 15) is 8.42 Å². The molecule has 0 radical (unpaired) electrons. The molecule has 0 unspecified atom stereocenters. The lowest BCUT2D eigenvalue weighted by atomic mass is 10.1. The summed E-state index contributed by atoms with van der Waals surface area (Å²) in [4.78, 5) is 4.09. The molecule has 1 aromatic heterocycles. The number of rotatable bonds is 6. The fourth-order valence-electron chi connectivity index (χ4n) is 1.97. The quantitative estimate of drug-likeness (QED) is 0.837. The summed E-state index contributed by atoms with van der Waals surface area (Å²) in [7, 11) is -3.59. The van der Waals surface area contributed by atoms with Crippen molar-refractivity contribution in [3.05, 3.63) is 47.4 Å². The van der Waals surface area contributed by atoms with Gasteiger partial charge in [0, 0.05) is 25.8 Å². The molecule has 0 aliphatic carbocycles. The van der Waals surface area contributed by atoms with Gasteiger partial charge in [0.2, 0.25) is 0 Å². The zero-order chi connectivity index (χ0) is 15.5. The average Bonchev–Trinajstić information content (AvgIpc) is 2.88. The Bertz CT molecular complexity index is 705. The highest BCUT2D eigenvalue weighted by Crippen LogP contribution is 2.10. The lowest BCUT2D eigenvalue weighted by Crippen LogP contribution is -2.23. The fraction of sp³-hybridized carbons (Fsp3) is 0.357. The number of hydrogen-bond acceptors (Lipinski definition) is 4. The number of aryl methyl sites for hydroxylation is 2. The Morgan fingerprint density at radius 3 is 2.38 bits per heavy atom. The highest BCUT2D eigenvalue weighted by molar-refractivity contribution is 7.89. The van der Waals surface area contributed by atoms with Crippen molar-refractivity contribution in [3.63, 3.8) is 0 Å².